The van der Waals surface area contributed by atoms with Crippen LogP contribution in [0.15, 0.2) is 85.1 Å². The predicted molar refractivity (Wildman–Crippen MR) is 288 cm³/mol. The zero-order valence-electron chi connectivity index (χ0n) is 43.9. The van der Waals surface area contributed by atoms with Crippen LogP contribution in [0.4, 0.5) is 0 Å². The van der Waals surface area contributed by atoms with Crippen LogP contribution in [0.5, 0.6) is 0 Å². The summed E-state index contributed by atoms with van der Waals surface area (Å²) in [7, 11) is 0. The van der Waals surface area contributed by atoms with E-state index in [1.54, 1.807) is 0 Å². The average molecular weight is 933 g/mol. The van der Waals surface area contributed by atoms with Gasteiger partial charge in [-0.25, -0.2) is 0 Å². The van der Waals surface area contributed by atoms with E-state index in [0.29, 0.717) is 19.3 Å². The lowest BCUT2D eigenvalue weighted by atomic mass is 10.1. The maximum absolute atomic E-state index is 12.8. The predicted octanol–water partition coefficient (Wildman–Crippen LogP) is 18.8. The molecule has 0 bridgehead atoms. The lowest BCUT2D eigenvalue weighted by molar-refractivity contribution is -0.167. The minimum absolute atomic E-state index is 0.101. The van der Waals surface area contributed by atoms with Crippen molar-refractivity contribution in [2.45, 2.75) is 271 Å². The largest absolute Gasteiger partial charge is 0.462 e. The Morgan fingerprint density at radius 2 is 0.552 bits per heavy atom. The van der Waals surface area contributed by atoms with Crippen LogP contribution in [0.2, 0.25) is 0 Å². The Morgan fingerprint density at radius 1 is 0.299 bits per heavy atom. The Balaban J connectivity index is 4.49. The summed E-state index contributed by atoms with van der Waals surface area (Å²) in [4.78, 5) is 38.1. The fourth-order valence-corrected chi connectivity index (χ4v) is 7.58. The molecule has 0 amide bonds. The summed E-state index contributed by atoms with van der Waals surface area (Å²) in [6, 6.07) is 0. The quantitative estimate of drug-likeness (QED) is 0.0262. The van der Waals surface area contributed by atoms with Crippen LogP contribution < -0.4 is 0 Å². The minimum atomic E-state index is -0.807. The second-order valence-corrected chi connectivity index (χ2v) is 18.5. The number of carbonyl (C=O) groups excluding carboxylic acids is 3. The van der Waals surface area contributed by atoms with E-state index in [2.05, 4.69) is 106 Å². The molecule has 0 aliphatic rings. The molecule has 0 heterocycles. The second kappa shape index (κ2) is 55.2. The van der Waals surface area contributed by atoms with Gasteiger partial charge in [-0.3, -0.25) is 14.4 Å². The van der Waals surface area contributed by atoms with Crippen molar-refractivity contribution in [2.24, 2.45) is 0 Å². The Kier molecular flexibility index (Phi) is 52.4. The summed E-state index contributed by atoms with van der Waals surface area (Å²) in [5.74, 6) is -0.972. The lowest BCUT2D eigenvalue weighted by Gasteiger charge is -2.18. The molecule has 0 aromatic carbocycles. The van der Waals surface area contributed by atoms with Gasteiger partial charge < -0.3 is 14.2 Å². The molecule has 6 heteroatoms. The van der Waals surface area contributed by atoms with Crippen molar-refractivity contribution >= 4 is 17.9 Å². The first kappa shape index (κ1) is 63.6. The molecular weight excluding hydrogens is 829 g/mol. The van der Waals surface area contributed by atoms with Gasteiger partial charge in [-0.05, 0) is 116 Å². The summed E-state index contributed by atoms with van der Waals surface area (Å²) in [5, 5.41) is 0. The van der Waals surface area contributed by atoms with Gasteiger partial charge in [0.15, 0.2) is 6.10 Å². The Bertz CT molecular complexity index is 1300. The third-order valence-corrected chi connectivity index (χ3v) is 11.8. The van der Waals surface area contributed by atoms with Crippen LogP contribution in [0.1, 0.15) is 265 Å². The highest BCUT2D eigenvalue weighted by molar-refractivity contribution is 5.71. The minimum Gasteiger partial charge on any atom is -0.462 e. The third kappa shape index (κ3) is 53.4. The van der Waals surface area contributed by atoms with Crippen molar-refractivity contribution in [1.29, 1.82) is 0 Å². The van der Waals surface area contributed by atoms with Crippen molar-refractivity contribution in [1.82, 2.24) is 0 Å². The Labute approximate surface area is 414 Å². The smallest absolute Gasteiger partial charge is 0.306 e. The highest BCUT2D eigenvalue weighted by atomic mass is 16.6. The normalized spacial score (nSPS) is 12.7. The maximum Gasteiger partial charge on any atom is 0.306 e. The van der Waals surface area contributed by atoms with Crippen molar-refractivity contribution in [3.8, 4) is 0 Å². The van der Waals surface area contributed by atoms with Crippen molar-refractivity contribution in [3.05, 3.63) is 85.1 Å². The molecule has 0 N–H and O–H groups in total. The number of rotatable bonds is 50. The molecule has 0 aliphatic carbocycles. The van der Waals surface area contributed by atoms with Crippen LogP contribution in [0.3, 0.4) is 0 Å². The average Bonchev–Trinajstić information content (AvgIpc) is 3.33. The molecule has 384 valence electrons. The molecule has 0 unspecified atom stereocenters. The zero-order chi connectivity index (χ0) is 48.6. The van der Waals surface area contributed by atoms with Crippen LogP contribution in [0, 0.1) is 0 Å². The monoisotopic (exact) mass is 933 g/mol. The van der Waals surface area contributed by atoms with Gasteiger partial charge in [-0.1, -0.05) is 215 Å². The Morgan fingerprint density at radius 3 is 0.940 bits per heavy atom. The summed E-state index contributed by atoms with van der Waals surface area (Å²) in [5.41, 5.74) is 0. The highest BCUT2D eigenvalue weighted by Crippen LogP contribution is 2.14. The topological polar surface area (TPSA) is 78.9 Å². The van der Waals surface area contributed by atoms with E-state index in [1.807, 2.05) is 0 Å². The molecule has 0 saturated carbocycles. The van der Waals surface area contributed by atoms with Gasteiger partial charge in [0.25, 0.3) is 0 Å². The lowest BCUT2D eigenvalue weighted by Crippen LogP contribution is -2.30. The first-order valence-electron chi connectivity index (χ1n) is 28.1. The van der Waals surface area contributed by atoms with Gasteiger partial charge in [0, 0.05) is 19.3 Å². The summed E-state index contributed by atoms with van der Waals surface area (Å²) in [6.45, 7) is 6.53. The van der Waals surface area contributed by atoms with Crippen LogP contribution >= 0.6 is 0 Å². The molecule has 0 saturated heterocycles. The van der Waals surface area contributed by atoms with Crippen molar-refractivity contribution < 1.29 is 28.6 Å². The number of esters is 3. The molecule has 6 nitrogen and oxygen atoms in total. The van der Waals surface area contributed by atoms with E-state index >= 15 is 0 Å². The first-order chi connectivity index (χ1) is 33.0. The summed E-state index contributed by atoms with van der Waals surface area (Å²) >= 11 is 0. The zero-order valence-corrected chi connectivity index (χ0v) is 43.9. The van der Waals surface area contributed by atoms with Crippen molar-refractivity contribution in [2.75, 3.05) is 13.2 Å². The standard InChI is InChI=1S/C61H104O6/c1-4-7-10-13-16-19-22-25-28-30-33-35-38-41-44-47-50-53-59(62)65-56-58(67-61(64)55-52-49-46-43-40-37-32-27-24-21-18-15-12-9-6-3)57-66-60(63)54-51-48-45-42-39-36-34-31-29-26-23-20-17-14-11-8-5-2/h16-17,19-20,25-29,32-33,35,41,44,58H,4-15,18,21-24,30-31,34,36-40,42-43,45-57H2,1-3H3/b19-16-,20-17-,28-25-,29-26-,32-27-,35-33-,44-41-/t58-/m1/s1. The van der Waals surface area contributed by atoms with Gasteiger partial charge in [0.05, 0.1) is 0 Å². The number of ether oxygens (including phenoxy) is 3. The van der Waals surface area contributed by atoms with Crippen LogP contribution in [-0.2, 0) is 28.6 Å². The molecule has 0 spiro atoms. The van der Waals surface area contributed by atoms with Gasteiger partial charge >= 0.3 is 17.9 Å². The molecule has 1 atom stereocenters. The maximum atomic E-state index is 12.8. The van der Waals surface area contributed by atoms with E-state index in [9.17, 15) is 14.4 Å². The summed E-state index contributed by atoms with van der Waals surface area (Å²) in [6.07, 6.45) is 71.4. The van der Waals surface area contributed by atoms with E-state index in [1.165, 1.54) is 128 Å². The highest BCUT2D eigenvalue weighted by Gasteiger charge is 2.19. The number of allylic oxidation sites excluding steroid dienone is 14. The second-order valence-electron chi connectivity index (χ2n) is 18.5. The molecule has 0 rings (SSSR count). The molecule has 0 radical (unpaired) electrons. The number of carbonyl (C=O) groups is 3. The van der Waals surface area contributed by atoms with Gasteiger partial charge in [0.1, 0.15) is 13.2 Å². The van der Waals surface area contributed by atoms with Gasteiger partial charge in [-0.15, -0.1) is 0 Å². The van der Waals surface area contributed by atoms with Gasteiger partial charge in [-0.2, -0.15) is 0 Å². The molecule has 0 aromatic rings. The van der Waals surface area contributed by atoms with Crippen LogP contribution in [-0.4, -0.2) is 37.2 Å². The molecule has 0 fully saturated rings. The fourth-order valence-electron chi connectivity index (χ4n) is 7.58. The van der Waals surface area contributed by atoms with Crippen LogP contribution in [0.25, 0.3) is 0 Å². The summed E-state index contributed by atoms with van der Waals surface area (Å²) < 4.78 is 16.8. The van der Waals surface area contributed by atoms with Gasteiger partial charge in [0.2, 0.25) is 0 Å². The number of hydrogen-bond acceptors (Lipinski definition) is 6. The SMILES string of the molecule is CCCCC/C=C\C/C=C\C/C=C\C/C=C\CCCC(=O)OC[C@H](COC(=O)CCCCCCCCC/C=C\C/C=C\CCCCC)OC(=O)CCCCCCC/C=C\CCCCCCCC. The first-order valence-corrected chi connectivity index (χ1v) is 28.1. The van der Waals surface area contributed by atoms with E-state index < -0.39 is 6.10 Å². The molecule has 0 aliphatic heterocycles. The third-order valence-electron chi connectivity index (χ3n) is 11.8. The number of hydrogen-bond donors (Lipinski definition) is 0. The molecular formula is C61H104O6. The van der Waals surface area contributed by atoms with E-state index in [-0.39, 0.29) is 37.5 Å². The van der Waals surface area contributed by atoms with Crippen molar-refractivity contribution in [3.63, 3.8) is 0 Å². The number of unbranched alkanes of at least 4 members (excludes halogenated alkanes) is 25. The molecule has 67 heavy (non-hydrogen) atoms. The Hall–Kier alpha value is -3.41. The molecule has 0 aromatic heterocycles. The van der Waals surface area contributed by atoms with E-state index in [0.717, 1.165) is 89.9 Å². The van der Waals surface area contributed by atoms with E-state index in [4.69, 9.17) is 14.2 Å². The fraction of sp³-hybridized carbons (Fsp3) is 0.721.